The molecule has 0 saturated carbocycles. The summed E-state index contributed by atoms with van der Waals surface area (Å²) < 4.78 is 0. The van der Waals surface area contributed by atoms with Gasteiger partial charge in [0.15, 0.2) is 0 Å². The third kappa shape index (κ3) is 3.99. The van der Waals surface area contributed by atoms with Gasteiger partial charge in [0.25, 0.3) is 5.91 Å². The lowest BCUT2D eigenvalue weighted by Gasteiger charge is -2.11. The molecule has 1 heterocycles. The molecule has 0 bridgehead atoms. The van der Waals surface area contributed by atoms with Crippen molar-refractivity contribution < 1.29 is 9.90 Å². The molecule has 0 aliphatic carbocycles. The minimum atomic E-state index is -0.219. The van der Waals surface area contributed by atoms with E-state index >= 15 is 0 Å². The highest BCUT2D eigenvalue weighted by Gasteiger charge is 2.13. The van der Waals surface area contributed by atoms with Crippen LogP contribution in [0.2, 0.25) is 0 Å². The number of rotatable bonds is 5. The molecule has 0 atom stereocenters. The van der Waals surface area contributed by atoms with Crippen LogP contribution in [0.5, 0.6) is 5.75 Å². The zero-order chi connectivity index (χ0) is 16.9. The Morgan fingerprint density at radius 1 is 1.17 bits per heavy atom. The van der Waals surface area contributed by atoms with Gasteiger partial charge in [-0.05, 0) is 48.2 Å². The first-order chi connectivity index (χ1) is 11.6. The normalized spacial score (nSPS) is 10.5. The third-order valence-electron chi connectivity index (χ3n) is 3.48. The molecule has 24 heavy (non-hydrogen) atoms. The maximum atomic E-state index is 12.6. The Morgan fingerprint density at radius 3 is 2.75 bits per heavy atom. The first-order valence-electron chi connectivity index (χ1n) is 7.48. The highest BCUT2D eigenvalue weighted by atomic mass is 32.2. The van der Waals surface area contributed by atoms with E-state index in [1.807, 2.05) is 37.3 Å². The monoisotopic (exact) mass is 355 g/mol. The quantitative estimate of drug-likeness (QED) is 0.482. The fraction of sp³-hybridized carbons (Fsp3) is 0.105. The van der Waals surface area contributed by atoms with Gasteiger partial charge < -0.3 is 10.4 Å². The van der Waals surface area contributed by atoms with E-state index in [-0.39, 0.29) is 11.7 Å². The molecule has 0 unspecified atom stereocenters. The van der Waals surface area contributed by atoms with Crippen LogP contribution in [0.25, 0.3) is 0 Å². The number of amides is 1. The van der Waals surface area contributed by atoms with Gasteiger partial charge in [0.05, 0.1) is 11.3 Å². The molecule has 5 heteroatoms. The Hall–Kier alpha value is -2.24. The number of benzene rings is 2. The van der Waals surface area contributed by atoms with Crippen LogP contribution in [0.3, 0.4) is 0 Å². The van der Waals surface area contributed by atoms with Gasteiger partial charge in [-0.1, -0.05) is 24.3 Å². The fourth-order valence-electron chi connectivity index (χ4n) is 2.26. The number of carbonyl (C=O) groups is 1. The van der Waals surface area contributed by atoms with Crippen LogP contribution in [0.15, 0.2) is 64.9 Å². The van der Waals surface area contributed by atoms with Gasteiger partial charge in [-0.25, -0.2) is 0 Å². The van der Waals surface area contributed by atoms with E-state index in [4.69, 9.17) is 0 Å². The molecule has 122 valence electrons. The predicted octanol–water partition coefficient (Wildman–Crippen LogP) is 5.31. The van der Waals surface area contributed by atoms with Crippen molar-refractivity contribution in [2.75, 3.05) is 5.32 Å². The number of phenols is 1. The predicted molar refractivity (Wildman–Crippen MR) is 101 cm³/mol. The van der Waals surface area contributed by atoms with Gasteiger partial charge in [-0.2, -0.15) is 0 Å². The van der Waals surface area contributed by atoms with E-state index in [0.717, 1.165) is 16.2 Å². The number of nitrogens with one attached hydrogen (secondary N) is 1. The summed E-state index contributed by atoms with van der Waals surface area (Å²) in [7, 11) is 0. The standard InChI is InChI=1S/C19H17NO2S2/c1-13-8-9-16(17(21)11-13)20-19(22)15-6-2-3-7-18(15)24-12-14-5-4-10-23-14/h2-11,21H,12H2,1H3,(H,20,22). The van der Waals surface area contributed by atoms with Gasteiger partial charge in [-0.15, -0.1) is 23.1 Å². The molecule has 0 aliphatic rings. The van der Waals surface area contributed by atoms with Crippen molar-refractivity contribution in [2.45, 2.75) is 17.6 Å². The summed E-state index contributed by atoms with van der Waals surface area (Å²) in [4.78, 5) is 14.8. The number of hydrogen-bond donors (Lipinski definition) is 2. The Bertz CT molecular complexity index is 844. The van der Waals surface area contributed by atoms with Crippen LogP contribution in [0.4, 0.5) is 5.69 Å². The Kier molecular flexibility index (Phi) is 5.23. The minimum Gasteiger partial charge on any atom is -0.506 e. The number of anilines is 1. The average molecular weight is 355 g/mol. The molecule has 0 saturated heterocycles. The molecule has 1 amide bonds. The molecule has 0 radical (unpaired) electrons. The van der Waals surface area contributed by atoms with Crippen LogP contribution in [0.1, 0.15) is 20.8 Å². The van der Waals surface area contributed by atoms with Crippen molar-refractivity contribution in [3.05, 3.63) is 76.0 Å². The molecule has 3 nitrogen and oxygen atoms in total. The van der Waals surface area contributed by atoms with Crippen LogP contribution < -0.4 is 5.32 Å². The van der Waals surface area contributed by atoms with E-state index < -0.39 is 0 Å². The van der Waals surface area contributed by atoms with Gasteiger partial charge in [0.2, 0.25) is 0 Å². The summed E-state index contributed by atoms with van der Waals surface area (Å²) >= 11 is 3.35. The number of carbonyl (C=O) groups excluding carboxylic acids is 1. The summed E-state index contributed by atoms with van der Waals surface area (Å²) in [5.41, 5.74) is 1.97. The zero-order valence-electron chi connectivity index (χ0n) is 13.2. The molecule has 2 aromatic carbocycles. The zero-order valence-corrected chi connectivity index (χ0v) is 14.8. The maximum Gasteiger partial charge on any atom is 0.256 e. The topological polar surface area (TPSA) is 49.3 Å². The van der Waals surface area contributed by atoms with Crippen LogP contribution >= 0.6 is 23.1 Å². The molecule has 1 aromatic heterocycles. The summed E-state index contributed by atoms with van der Waals surface area (Å²) in [5.74, 6) is 0.688. The van der Waals surface area contributed by atoms with Crippen LogP contribution in [-0.4, -0.2) is 11.0 Å². The lowest BCUT2D eigenvalue weighted by molar-refractivity contribution is 0.102. The van der Waals surface area contributed by atoms with Crippen molar-refractivity contribution in [3.8, 4) is 5.75 Å². The molecule has 0 fully saturated rings. The molecule has 3 rings (SSSR count). The Labute approximate surface area is 149 Å². The number of thiophene rings is 1. The highest BCUT2D eigenvalue weighted by Crippen LogP contribution is 2.30. The number of aryl methyl sites for hydroxylation is 1. The largest absolute Gasteiger partial charge is 0.506 e. The summed E-state index contributed by atoms with van der Waals surface area (Å²) in [6.07, 6.45) is 0. The molecular weight excluding hydrogens is 338 g/mol. The van der Waals surface area contributed by atoms with E-state index in [9.17, 15) is 9.90 Å². The third-order valence-corrected chi connectivity index (χ3v) is 5.66. The van der Waals surface area contributed by atoms with Gasteiger partial charge in [0.1, 0.15) is 5.75 Å². The van der Waals surface area contributed by atoms with E-state index in [1.54, 1.807) is 41.3 Å². The summed E-state index contributed by atoms with van der Waals surface area (Å²) in [6, 6.07) is 16.8. The smallest absolute Gasteiger partial charge is 0.256 e. The molecular formula is C19H17NO2S2. The van der Waals surface area contributed by atoms with Crippen molar-refractivity contribution >= 4 is 34.7 Å². The molecule has 0 aliphatic heterocycles. The van der Waals surface area contributed by atoms with Crippen molar-refractivity contribution in [2.24, 2.45) is 0 Å². The number of phenolic OH excluding ortho intramolecular Hbond substituents is 1. The minimum absolute atomic E-state index is 0.0760. The number of hydrogen-bond acceptors (Lipinski definition) is 4. The van der Waals surface area contributed by atoms with Gasteiger partial charge in [0, 0.05) is 15.5 Å². The van der Waals surface area contributed by atoms with Gasteiger partial charge >= 0.3 is 0 Å². The van der Waals surface area contributed by atoms with Gasteiger partial charge in [-0.3, -0.25) is 4.79 Å². The van der Waals surface area contributed by atoms with Crippen LogP contribution in [-0.2, 0) is 5.75 Å². The fourth-order valence-corrected chi connectivity index (χ4v) is 4.08. The Morgan fingerprint density at radius 2 is 2.00 bits per heavy atom. The molecule has 0 spiro atoms. The second-order valence-corrected chi connectivity index (χ2v) is 7.39. The van der Waals surface area contributed by atoms with E-state index in [2.05, 4.69) is 16.8 Å². The SMILES string of the molecule is Cc1ccc(NC(=O)c2ccccc2SCc2cccs2)c(O)c1. The second kappa shape index (κ2) is 7.55. The molecule has 2 N–H and O–H groups in total. The lowest BCUT2D eigenvalue weighted by atomic mass is 10.2. The number of aromatic hydroxyl groups is 1. The van der Waals surface area contributed by atoms with E-state index in [1.165, 1.54) is 4.88 Å². The summed E-state index contributed by atoms with van der Waals surface area (Å²) in [5, 5.41) is 14.8. The number of thioether (sulfide) groups is 1. The average Bonchev–Trinajstić information content (AvgIpc) is 3.09. The van der Waals surface area contributed by atoms with Crippen LogP contribution in [0, 0.1) is 6.92 Å². The van der Waals surface area contributed by atoms with Crippen molar-refractivity contribution in [1.29, 1.82) is 0 Å². The first-order valence-corrected chi connectivity index (χ1v) is 9.35. The second-order valence-electron chi connectivity index (χ2n) is 5.34. The van der Waals surface area contributed by atoms with Crippen molar-refractivity contribution in [3.63, 3.8) is 0 Å². The first kappa shape index (κ1) is 16.6. The Balaban J connectivity index is 1.77. The van der Waals surface area contributed by atoms with Crippen molar-refractivity contribution in [1.82, 2.24) is 0 Å². The van der Waals surface area contributed by atoms with E-state index in [0.29, 0.717) is 11.3 Å². The lowest BCUT2D eigenvalue weighted by Crippen LogP contribution is -2.13. The maximum absolute atomic E-state index is 12.6. The highest BCUT2D eigenvalue weighted by molar-refractivity contribution is 7.98. The summed E-state index contributed by atoms with van der Waals surface area (Å²) in [6.45, 7) is 1.89. The molecule has 3 aromatic rings.